The summed E-state index contributed by atoms with van der Waals surface area (Å²) in [6.07, 6.45) is 0.474. The van der Waals surface area contributed by atoms with E-state index in [0.29, 0.717) is 17.0 Å². The predicted octanol–water partition coefficient (Wildman–Crippen LogP) is 1.69. The van der Waals surface area contributed by atoms with Crippen LogP contribution >= 0.6 is 11.6 Å². The van der Waals surface area contributed by atoms with Crippen molar-refractivity contribution in [3.8, 4) is 0 Å². The van der Waals surface area contributed by atoms with Crippen LogP contribution < -0.4 is 10.6 Å². The zero-order valence-electron chi connectivity index (χ0n) is 14.4. The lowest BCUT2D eigenvalue weighted by molar-refractivity contribution is -0.131. The number of hydrogen-bond acceptors (Lipinski definition) is 3. The highest BCUT2D eigenvalue weighted by Gasteiger charge is 2.23. The molecule has 6 nitrogen and oxygen atoms in total. The molecule has 3 amide bonds. The summed E-state index contributed by atoms with van der Waals surface area (Å²) in [5, 5.41) is 5.82. The maximum Gasteiger partial charge on any atom is 0.251 e. The number of nitrogens with one attached hydrogen (secondary N) is 2. The lowest BCUT2D eigenvalue weighted by atomic mass is 10.0. The van der Waals surface area contributed by atoms with Gasteiger partial charge in [-0.05, 0) is 36.6 Å². The van der Waals surface area contributed by atoms with Crippen molar-refractivity contribution >= 4 is 29.3 Å². The van der Waals surface area contributed by atoms with Crippen LogP contribution in [0.1, 0.15) is 30.6 Å². The van der Waals surface area contributed by atoms with E-state index in [-0.39, 0.29) is 30.2 Å². The van der Waals surface area contributed by atoms with E-state index in [4.69, 9.17) is 11.6 Å². The topological polar surface area (TPSA) is 78.5 Å². The molecule has 0 saturated carbocycles. The minimum Gasteiger partial charge on any atom is -0.347 e. The quantitative estimate of drug-likeness (QED) is 0.783. The molecule has 1 rings (SSSR count). The normalized spacial score (nSPS) is 11.8. The molecule has 0 saturated heterocycles. The van der Waals surface area contributed by atoms with E-state index >= 15 is 0 Å². The molecule has 24 heavy (non-hydrogen) atoms. The van der Waals surface area contributed by atoms with Crippen LogP contribution in [0.25, 0.3) is 0 Å². The van der Waals surface area contributed by atoms with Crippen LogP contribution in [0, 0.1) is 5.92 Å². The first-order valence-electron chi connectivity index (χ1n) is 7.75. The molecule has 0 aliphatic heterocycles. The van der Waals surface area contributed by atoms with E-state index in [2.05, 4.69) is 10.6 Å². The van der Waals surface area contributed by atoms with Gasteiger partial charge in [-0.3, -0.25) is 14.4 Å². The maximum absolute atomic E-state index is 12.3. The first-order valence-corrected chi connectivity index (χ1v) is 8.12. The molecule has 2 N–H and O–H groups in total. The van der Waals surface area contributed by atoms with Crippen molar-refractivity contribution in [1.29, 1.82) is 0 Å². The number of nitrogens with zero attached hydrogens (tertiary/aromatic N) is 1. The van der Waals surface area contributed by atoms with Crippen LogP contribution in [0.2, 0.25) is 5.02 Å². The highest BCUT2D eigenvalue weighted by atomic mass is 35.5. The summed E-state index contributed by atoms with van der Waals surface area (Å²) >= 11 is 5.81. The molecule has 0 fully saturated rings. The number of hydrogen-bond donors (Lipinski definition) is 2. The van der Waals surface area contributed by atoms with Gasteiger partial charge in [0.2, 0.25) is 11.8 Å². The summed E-state index contributed by atoms with van der Waals surface area (Å²) in [7, 11) is 3.23. The summed E-state index contributed by atoms with van der Waals surface area (Å²) in [6.45, 7) is 3.82. The molecule has 0 aliphatic rings. The minimum atomic E-state index is -0.705. The van der Waals surface area contributed by atoms with Crippen LogP contribution in [-0.4, -0.2) is 49.3 Å². The molecular formula is C17H24ClN3O3. The second kappa shape index (κ2) is 9.27. The van der Waals surface area contributed by atoms with E-state index in [1.165, 1.54) is 4.90 Å². The smallest absolute Gasteiger partial charge is 0.251 e. The van der Waals surface area contributed by atoms with Gasteiger partial charge in [-0.25, -0.2) is 0 Å². The maximum atomic E-state index is 12.3. The molecule has 7 heteroatoms. The van der Waals surface area contributed by atoms with Gasteiger partial charge in [-0.15, -0.1) is 0 Å². The van der Waals surface area contributed by atoms with Crippen molar-refractivity contribution < 1.29 is 14.4 Å². The molecule has 132 valence electrons. The number of rotatable bonds is 7. The SMILES string of the molecule is CC(C)C[C@@H](NC(=O)c1ccc(Cl)cc1)C(=O)NCC(=O)N(C)C. The molecule has 1 aromatic rings. The van der Waals surface area contributed by atoms with Crippen molar-refractivity contribution in [2.24, 2.45) is 5.92 Å². The van der Waals surface area contributed by atoms with Gasteiger partial charge >= 0.3 is 0 Å². The van der Waals surface area contributed by atoms with Crippen LogP contribution in [-0.2, 0) is 9.59 Å². The fourth-order valence-corrected chi connectivity index (χ4v) is 2.12. The number of likely N-dealkylation sites (N-methyl/N-ethyl adjacent to an activating group) is 1. The third-order valence-corrected chi connectivity index (χ3v) is 3.60. The van der Waals surface area contributed by atoms with Gasteiger partial charge in [0.25, 0.3) is 5.91 Å². The van der Waals surface area contributed by atoms with Crippen molar-refractivity contribution in [2.75, 3.05) is 20.6 Å². The van der Waals surface area contributed by atoms with Gasteiger partial charge in [0.1, 0.15) is 6.04 Å². The monoisotopic (exact) mass is 353 g/mol. The summed E-state index contributed by atoms with van der Waals surface area (Å²) in [5.74, 6) is -0.737. The minimum absolute atomic E-state index is 0.1000. The second-order valence-electron chi connectivity index (χ2n) is 6.17. The van der Waals surface area contributed by atoms with E-state index in [0.717, 1.165) is 0 Å². The zero-order valence-corrected chi connectivity index (χ0v) is 15.2. The van der Waals surface area contributed by atoms with E-state index in [1.807, 2.05) is 13.8 Å². The van der Waals surface area contributed by atoms with Gasteiger partial charge in [-0.2, -0.15) is 0 Å². The standard InChI is InChI=1S/C17H24ClN3O3/c1-11(2)9-14(17(24)19-10-15(22)21(3)4)20-16(23)12-5-7-13(18)8-6-12/h5-8,11,14H,9-10H2,1-4H3,(H,19,24)(H,20,23)/t14-/m1/s1. The first-order chi connectivity index (χ1) is 11.2. The number of benzene rings is 1. The van der Waals surface area contributed by atoms with Gasteiger partial charge in [-0.1, -0.05) is 25.4 Å². The largest absolute Gasteiger partial charge is 0.347 e. The highest BCUT2D eigenvalue weighted by Crippen LogP contribution is 2.11. The Morgan fingerprint density at radius 3 is 2.21 bits per heavy atom. The summed E-state index contributed by atoms with van der Waals surface area (Å²) < 4.78 is 0. The van der Waals surface area contributed by atoms with Crippen molar-refractivity contribution in [3.05, 3.63) is 34.9 Å². The number of amides is 3. The Kier molecular flexibility index (Phi) is 7.71. The second-order valence-corrected chi connectivity index (χ2v) is 6.60. The van der Waals surface area contributed by atoms with Crippen LogP contribution in [0.4, 0.5) is 0 Å². The molecular weight excluding hydrogens is 330 g/mol. The van der Waals surface area contributed by atoms with Crippen molar-refractivity contribution in [3.63, 3.8) is 0 Å². The molecule has 1 aromatic carbocycles. The predicted molar refractivity (Wildman–Crippen MR) is 93.9 cm³/mol. The fourth-order valence-electron chi connectivity index (χ4n) is 1.99. The van der Waals surface area contributed by atoms with Gasteiger partial charge in [0, 0.05) is 24.7 Å². The molecule has 0 spiro atoms. The zero-order chi connectivity index (χ0) is 18.3. The Hall–Kier alpha value is -2.08. The molecule has 0 radical (unpaired) electrons. The third-order valence-electron chi connectivity index (χ3n) is 3.35. The first kappa shape index (κ1) is 20.0. The van der Waals surface area contributed by atoms with E-state index < -0.39 is 6.04 Å². The molecule has 0 aliphatic carbocycles. The Balaban J connectivity index is 2.73. The van der Waals surface area contributed by atoms with Gasteiger partial charge in [0.15, 0.2) is 0 Å². The average molecular weight is 354 g/mol. The molecule has 0 unspecified atom stereocenters. The van der Waals surface area contributed by atoms with Gasteiger partial charge in [0.05, 0.1) is 6.54 Å². The summed E-state index contributed by atoms with van der Waals surface area (Å²) in [4.78, 5) is 37.6. The Bertz CT molecular complexity index is 585. The molecule has 0 heterocycles. The third kappa shape index (κ3) is 6.58. The Labute approximate surface area is 147 Å². The lowest BCUT2D eigenvalue weighted by Crippen LogP contribution is -2.49. The highest BCUT2D eigenvalue weighted by molar-refractivity contribution is 6.30. The van der Waals surface area contributed by atoms with Gasteiger partial charge < -0.3 is 15.5 Å². The number of halogens is 1. The molecule has 0 aromatic heterocycles. The number of carbonyl (C=O) groups is 3. The summed E-state index contributed by atoms with van der Waals surface area (Å²) in [6, 6.07) is 5.71. The average Bonchev–Trinajstić information content (AvgIpc) is 2.51. The lowest BCUT2D eigenvalue weighted by Gasteiger charge is -2.20. The van der Waals surface area contributed by atoms with E-state index in [9.17, 15) is 14.4 Å². The van der Waals surface area contributed by atoms with Crippen LogP contribution in [0.3, 0.4) is 0 Å². The van der Waals surface area contributed by atoms with Crippen LogP contribution in [0.15, 0.2) is 24.3 Å². The molecule has 1 atom stereocenters. The summed E-state index contributed by atoms with van der Waals surface area (Å²) in [5.41, 5.74) is 0.422. The van der Waals surface area contributed by atoms with E-state index in [1.54, 1.807) is 38.4 Å². The Morgan fingerprint density at radius 1 is 1.12 bits per heavy atom. The Morgan fingerprint density at radius 2 is 1.71 bits per heavy atom. The van der Waals surface area contributed by atoms with Crippen LogP contribution in [0.5, 0.6) is 0 Å². The number of carbonyl (C=O) groups excluding carboxylic acids is 3. The molecule has 0 bridgehead atoms. The van der Waals surface area contributed by atoms with Crippen molar-refractivity contribution in [1.82, 2.24) is 15.5 Å². The fraction of sp³-hybridized carbons (Fsp3) is 0.471. The van der Waals surface area contributed by atoms with Crippen molar-refractivity contribution in [2.45, 2.75) is 26.3 Å².